The highest BCUT2D eigenvalue weighted by atomic mass is 32.2. The Hall–Kier alpha value is -1.66. The average Bonchev–Trinajstić information content (AvgIpc) is 2.23. The molecular formula is C11H8N2S. The molecule has 2 aromatic carbocycles. The molecule has 2 rings (SSSR count). The van der Waals surface area contributed by atoms with Crippen LogP contribution in [0, 0.1) is 10.7 Å². The molecule has 2 N–H and O–H groups in total. The highest BCUT2D eigenvalue weighted by Gasteiger charge is 2.03. The number of thioether (sulfide) groups is 1. The van der Waals surface area contributed by atoms with Gasteiger partial charge in [0.15, 0.2) is 0 Å². The van der Waals surface area contributed by atoms with E-state index in [0.29, 0.717) is 5.69 Å². The summed E-state index contributed by atoms with van der Waals surface area (Å²) in [6.45, 7) is 0. The van der Waals surface area contributed by atoms with Gasteiger partial charge in [0.05, 0.1) is 5.69 Å². The topological polar surface area (TPSA) is 49.8 Å². The molecule has 0 radical (unpaired) electrons. The Morgan fingerprint density at radius 3 is 2.71 bits per heavy atom. The molecule has 0 aliphatic heterocycles. The highest BCUT2D eigenvalue weighted by Crippen LogP contribution is 2.30. The number of fused-ring (bicyclic) bond motifs is 1. The molecule has 0 unspecified atom stereocenters. The molecule has 0 saturated heterocycles. The number of thiocyanates is 1. The zero-order valence-electron chi connectivity index (χ0n) is 7.40. The second kappa shape index (κ2) is 3.60. The van der Waals surface area contributed by atoms with E-state index in [4.69, 9.17) is 11.0 Å². The molecule has 0 atom stereocenters. The molecule has 0 fully saturated rings. The zero-order chi connectivity index (χ0) is 9.97. The first kappa shape index (κ1) is 8.92. The number of hydrogen-bond donors (Lipinski definition) is 1. The fourth-order valence-corrected chi connectivity index (χ4v) is 1.87. The highest BCUT2D eigenvalue weighted by molar-refractivity contribution is 8.03. The van der Waals surface area contributed by atoms with Gasteiger partial charge in [0.25, 0.3) is 0 Å². The molecule has 0 heterocycles. The van der Waals surface area contributed by atoms with Crippen molar-refractivity contribution in [1.82, 2.24) is 0 Å². The molecule has 2 nitrogen and oxygen atoms in total. The molecule has 0 saturated carbocycles. The zero-order valence-corrected chi connectivity index (χ0v) is 8.21. The van der Waals surface area contributed by atoms with Gasteiger partial charge in [-0.1, -0.05) is 30.3 Å². The average molecular weight is 200 g/mol. The number of rotatable bonds is 1. The van der Waals surface area contributed by atoms with Crippen LogP contribution in [0.2, 0.25) is 0 Å². The van der Waals surface area contributed by atoms with E-state index in [2.05, 4.69) is 0 Å². The maximum Gasteiger partial charge on any atom is 0.138 e. The van der Waals surface area contributed by atoms with Gasteiger partial charge < -0.3 is 5.73 Å². The van der Waals surface area contributed by atoms with Gasteiger partial charge in [0.1, 0.15) is 5.40 Å². The Labute approximate surface area is 86.3 Å². The van der Waals surface area contributed by atoms with Crippen LogP contribution in [0.25, 0.3) is 10.8 Å². The second-order valence-electron chi connectivity index (χ2n) is 2.89. The fourth-order valence-electron chi connectivity index (χ4n) is 1.41. The van der Waals surface area contributed by atoms with E-state index in [1.807, 2.05) is 41.8 Å². The summed E-state index contributed by atoms with van der Waals surface area (Å²) in [5.74, 6) is 0. The number of hydrogen-bond acceptors (Lipinski definition) is 3. The number of benzene rings is 2. The third-order valence-electron chi connectivity index (χ3n) is 2.09. The van der Waals surface area contributed by atoms with Crippen LogP contribution in [0.1, 0.15) is 0 Å². The van der Waals surface area contributed by atoms with Crippen LogP contribution in [0.15, 0.2) is 41.3 Å². The maximum absolute atomic E-state index is 8.57. The fraction of sp³-hybridized carbons (Fsp3) is 0. The normalized spacial score (nSPS) is 9.93. The molecule has 0 aromatic heterocycles. The summed E-state index contributed by atoms with van der Waals surface area (Å²) in [5.41, 5.74) is 6.62. The minimum atomic E-state index is 0.689. The summed E-state index contributed by atoms with van der Waals surface area (Å²) in [4.78, 5) is 0.825. The van der Waals surface area contributed by atoms with E-state index in [1.165, 1.54) is 0 Å². The molecule has 68 valence electrons. The van der Waals surface area contributed by atoms with Gasteiger partial charge in [0.2, 0.25) is 0 Å². The van der Waals surface area contributed by atoms with E-state index in [0.717, 1.165) is 27.4 Å². The van der Waals surface area contributed by atoms with Crippen LogP contribution in [0.3, 0.4) is 0 Å². The standard InChI is InChI=1S/C11H8N2S/c12-7-14-10-6-5-8-3-1-2-4-9(8)11(10)13/h1-6H,13H2. The van der Waals surface area contributed by atoms with Crippen molar-refractivity contribution in [3.63, 3.8) is 0 Å². The van der Waals surface area contributed by atoms with Gasteiger partial charge in [-0.05, 0) is 23.2 Å². The summed E-state index contributed by atoms with van der Waals surface area (Å²) in [5, 5.41) is 12.7. The summed E-state index contributed by atoms with van der Waals surface area (Å²) >= 11 is 1.10. The van der Waals surface area contributed by atoms with Crippen molar-refractivity contribution in [2.45, 2.75) is 4.90 Å². The Morgan fingerprint density at radius 1 is 1.14 bits per heavy atom. The van der Waals surface area contributed by atoms with Gasteiger partial charge in [-0.3, -0.25) is 0 Å². The number of nitrogen functional groups attached to an aromatic ring is 1. The van der Waals surface area contributed by atoms with Gasteiger partial charge in [0, 0.05) is 10.3 Å². The predicted octanol–water partition coefficient (Wildman–Crippen LogP) is 3.00. The lowest BCUT2D eigenvalue weighted by Gasteiger charge is -2.04. The summed E-state index contributed by atoms with van der Waals surface area (Å²) < 4.78 is 0. The second-order valence-corrected chi connectivity index (χ2v) is 3.72. The molecule has 14 heavy (non-hydrogen) atoms. The summed E-state index contributed by atoms with van der Waals surface area (Å²) in [7, 11) is 0. The van der Waals surface area contributed by atoms with Crippen molar-refractivity contribution in [3.05, 3.63) is 36.4 Å². The van der Waals surface area contributed by atoms with E-state index < -0.39 is 0 Å². The number of nitriles is 1. The smallest absolute Gasteiger partial charge is 0.138 e. The monoisotopic (exact) mass is 200 g/mol. The van der Waals surface area contributed by atoms with Crippen LogP contribution in [0.5, 0.6) is 0 Å². The number of anilines is 1. The van der Waals surface area contributed by atoms with E-state index in [9.17, 15) is 0 Å². The predicted molar refractivity (Wildman–Crippen MR) is 59.8 cm³/mol. The van der Waals surface area contributed by atoms with E-state index in [1.54, 1.807) is 0 Å². The molecule has 2 aromatic rings. The first-order valence-electron chi connectivity index (χ1n) is 4.16. The minimum Gasteiger partial charge on any atom is -0.397 e. The van der Waals surface area contributed by atoms with E-state index in [-0.39, 0.29) is 0 Å². The van der Waals surface area contributed by atoms with Crippen molar-refractivity contribution in [2.24, 2.45) is 0 Å². The third kappa shape index (κ3) is 1.40. The lowest BCUT2D eigenvalue weighted by molar-refractivity contribution is 1.50. The van der Waals surface area contributed by atoms with Crippen molar-refractivity contribution < 1.29 is 0 Å². The quantitative estimate of drug-likeness (QED) is 0.437. The van der Waals surface area contributed by atoms with Crippen LogP contribution >= 0.6 is 11.8 Å². The van der Waals surface area contributed by atoms with Crippen LogP contribution < -0.4 is 5.73 Å². The molecule has 3 heteroatoms. The Balaban J connectivity index is 2.70. The van der Waals surface area contributed by atoms with Gasteiger partial charge in [-0.25, -0.2) is 0 Å². The van der Waals surface area contributed by atoms with Crippen LogP contribution in [-0.2, 0) is 0 Å². The number of nitrogens with two attached hydrogens (primary N) is 1. The summed E-state index contributed by atoms with van der Waals surface area (Å²) in [6.07, 6.45) is 0. The third-order valence-corrected chi connectivity index (χ3v) is 2.75. The SMILES string of the molecule is N#CSc1ccc2ccccc2c1N. The lowest BCUT2D eigenvalue weighted by Crippen LogP contribution is -1.89. The van der Waals surface area contributed by atoms with Gasteiger partial charge in [-0.15, -0.1) is 0 Å². The largest absolute Gasteiger partial charge is 0.397 e. The molecule has 0 aliphatic rings. The number of nitrogens with zero attached hydrogens (tertiary/aromatic N) is 1. The minimum absolute atomic E-state index is 0.689. The molecule has 0 aliphatic carbocycles. The summed E-state index contributed by atoms with van der Waals surface area (Å²) in [6, 6.07) is 11.7. The van der Waals surface area contributed by atoms with E-state index >= 15 is 0 Å². The first-order valence-corrected chi connectivity index (χ1v) is 4.98. The van der Waals surface area contributed by atoms with Crippen molar-refractivity contribution in [2.75, 3.05) is 5.73 Å². The Kier molecular flexibility index (Phi) is 2.30. The maximum atomic E-state index is 8.57. The van der Waals surface area contributed by atoms with Gasteiger partial charge >= 0.3 is 0 Å². The lowest BCUT2D eigenvalue weighted by atomic mass is 10.1. The van der Waals surface area contributed by atoms with Gasteiger partial charge in [-0.2, -0.15) is 5.26 Å². The van der Waals surface area contributed by atoms with Crippen molar-refractivity contribution in [3.8, 4) is 5.40 Å². The van der Waals surface area contributed by atoms with Crippen LogP contribution in [0.4, 0.5) is 5.69 Å². The van der Waals surface area contributed by atoms with Crippen LogP contribution in [-0.4, -0.2) is 0 Å². The Bertz CT molecular complexity index is 514. The molecule has 0 bridgehead atoms. The molecule has 0 spiro atoms. The Morgan fingerprint density at radius 2 is 1.93 bits per heavy atom. The van der Waals surface area contributed by atoms with Crippen molar-refractivity contribution in [1.29, 1.82) is 5.26 Å². The molecular weight excluding hydrogens is 192 g/mol. The van der Waals surface area contributed by atoms with Crippen molar-refractivity contribution >= 4 is 28.2 Å². The molecule has 0 amide bonds. The first-order chi connectivity index (χ1) is 6.83.